The molecular weight excluding hydrogens is 276 g/mol. The third-order valence-corrected chi connectivity index (χ3v) is 3.45. The number of nitrogens with one attached hydrogen (secondary N) is 1. The SMILES string of the molecule is CC(C)(C)OC(=O)N1CCNC(c2ccccc2Cl)C1. The maximum Gasteiger partial charge on any atom is 0.410 e. The van der Waals surface area contributed by atoms with E-state index in [0.717, 1.165) is 17.1 Å². The molecule has 0 spiro atoms. The first-order chi connectivity index (χ1) is 9.37. The maximum atomic E-state index is 12.1. The Morgan fingerprint density at radius 2 is 2.10 bits per heavy atom. The van der Waals surface area contributed by atoms with Crippen molar-refractivity contribution in [1.82, 2.24) is 10.2 Å². The first-order valence-corrected chi connectivity index (χ1v) is 7.20. The smallest absolute Gasteiger partial charge is 0.410 e. The number of benzene rings is 1. The second-order valence-electron chi connectivity index (χ2n) is 5.95. The lowest BCUT2D eigenvalue weighted by Gasteiger charge is -2.35. The van der Waals surface area contributed by atoms with Crippen LogP contribution >= 0.6 is 11.6 Å². The molecule has 1 aromatic rings. The predicted octanol–water partition coefficient (Wildman–Crippen LogP) is 3.22. The molecule has 1 aliphatic rings. The zero-order valence-corrected chi connectivity index (χ0v) is 12.9. The van der Waals surface area contributed by atoms with Gasteiger partial charge in [-0.05, 0) is 32.4 Å². The highest BCUT2D eigenvalue weighted by Gasteiger charge is 2.28. The van der Waals surface area contributed by atoms with Gasteiger partial charge in [0, 0.05) is 24.7 Å². The quantitative estimate of drug-likeness (QED) is 0.865. The van der Waals surface area contributed by atoms with Gasteiger partial charge in [-0.1, -0.05) is 29.8 Å². The number of halogens is 1. The van der Waals surface area contributed by atoms with Gasteiger partial charge in [0.05, 0.1) is 6.04 Å². The molecule has 1 aromatic carbocycles. The lowest BCUT2D eigenvalue weighted by atomic mass is 10.0. The zero-order chi connectivity index (χ0) is 14.8. The van der Waals surface area contributed by atoms with E-state index in [1.807, 2.05) is 45.0 Å². The lowest BCUT2D eigenvalue weighted by Crippen LogP contribution is -2.49. The molecular formula is C15H21ClN2O2. The molecule has 0 radical (unpaired) electrons. The van der Waals surface area contributed by atoms with Gasteiger partial charge in [-0.25, -0.2) is 4.79 Å². The van der Waals surface area contributed by atoms with E-state index < -0.39 is 5.60 Å². The third kappa shape index (κ3) is 3.87. The lowest BCUT2D eigenvalue weighted by molar-refractivity contribution is 0.0195. The number of nitrogens with zero attached hydrogens (tertiary/aromatic N) is 1. The summed E-state index contributed by atoms with van der Waals surface area (Å²) in [5.74, 6) is 0. The van der Waals surface area contributed by atoms with Crippen molar-refractivity contribution in [3.63, 3.8) is 0 Å². The molecule has 0 bridgehead atoms. The van der Waals surface area contributed by atoms with Gasteiger partial charge in [-0.2, -0.15) is 0 Å². The minimum Gasteiger partial charge on any atom is -0.444 e. The number of rotatable bonds is 1. The van der Waals surface area contributed by atoms with E-state index >= 15 is 0 Å². The Hall–Kier alpha value is -1.26. The summed E-state index contributed by atoms with van der Waals surface area (Å²) < 4.78 is 5.42. The first-order valence-electron chi connectivity index (χ1n) is 6.82. The van der Waals surface area contributed by atoms with Crippen LogP contribution in [0.5, 0.6) is 0 Å². The predicted molar refractivity (Wildman–Crippen MR) is 80.0 cm³/mol. The molecule has 0 aliphatic carbocycles. The van der Waals surface area contributed by atoms with Crippen LogP contribution in [0.25, 0.3) is 0 Å². The average molecular weight is 297 g/mol. The molecule has 1 fully saturated rings. The Morgan fingerprint density at radius 1 is 1.40 bits per heavy atom. The fraction of sp³-hybridized carbons (Fsp3) is 0.533. The summed E-state index contributed by atoms with van der Waals surface area (Å²) in [6.07, 6.45) is -0.268. The second kappa shape index (κ2) is 6.02. The molecule has 0 saturated carbocycles. The molecule has 0 aromatic heterocycles. The summed E-state index contributed by atoms with van der Waals surface area (Å²) in [4.78, 5) is 13.9. The highest BCUT2D eigenvalue weighted by Crippen LogP contribution is 2.25. The Kier molecular flexibility index (Phi) is 4.55. The maximum absolute atomic E-state index is 12.1. The highest BCUT2D eigenvalue weighted by molar-refractivity contribution is 6.31. The van der Waals surface area contributed by atoms with Crippen LogP contribution < -0.4 is 5.32 Å². The number of ether oxygens (including phenoxy) is 1. The number of carbonyl (C=O) groups excluding carboxylic acids is 1. The molecule has 1 heterocycles. The van der Waals surface area contributed by atoms with Crippen LogP contribution in [-0.4, -0.2) is 36.2 Å². The summed E-state index contributed by atoms with van der Waals surface area (Å²) in [7, 11) is 0. The standard InChI is InChI=1S/C15H21ClN2O2/c1-15(2,3)20-14(19)18-9-8-17-13(10-18)11-6-4-5-7-12(11)16/h4-7,13,17H,8-10H2,1-3H3. The molecule has 1 saturated heterocycles. The van der Waals surface area contributed by atoms with Crippen molar-refractivity contribution in [2.75, 3.05) is 19.6 Å². The van der Waals surface area contributed by atoms with Crippen molar-refractivity contribution in [2.24, 2.45) is 0 Å². The van der Waals surface area contributed by atoms with Crippen molar-refractivity contribution in [3.8, 4) is 0 Å². The fourth-order valence-corrected chi connectivity index (χ4v) is 2.48. The van der Waals surface area contributed by atoms with Gasteiger partial charge in [0.2, 0.25) is 0 Å². The molecule has 110 valence electrons. The average Bonchev–Trinajstić information content (AvgIpc) is 2.37. The van der Waals surface area contributed by atoms with Crippen molar-refractivity contribution in [3.05, 3.63) is 34.9 Å². The molecule has 1 amide bonds. The van der Waals surface area contributed by atoms with Gasteiger partial charge >= 0.3 is 6.09 Å². The van der Waals surface area contributed by atoms with E-state index in [9.17, 15) is 4.79 Å². The van der Waals surface area contributed by atoms with Gasteiger partial charge in [0.15, 0.2) is 0 Å². The van der Waals surface area contributed by atoms with Crippen LogP contribution in [0, 0.1) is 0 Å². The van der Waals surface area contributed by atoms with Gasteiger partial charge in [0.1, 0.15) is 5.60 Å². The number of hydrogen-bond acceptors (Lipinski definition) is 3. The third-order valence-electron chi connectivity index (χ3n) is 3.11. The van der Waals surface area contributed by atoms with Crippen LogP contribution in [0.3, 0.4) is 0 Å². The van der Waals surface area contributed by atoms with Crippen molar-refractivity contribution >= 4 is 17.7 Å². The van der Waals surface area contributed by atoms with E-state index in [4.69, 9.17) is 16.3 Å². The van der Waals surface area contributed by atoms with E-state index in [2.05, 4.69) is 5.32 Å². The van der Waals surface area contributed by atoms with Crippen LogP contribution in [0.1, 0.15) is 32.4 Å². The monoisotopic (exact) mass is 296 g/mol. The zero-order valence-electron chi connectivity index (χ0n) is 12.1. The van der Waals surface area contributed by atoms with Crippen LogP contribution in [0.15, 0.2) is 24.3 Å². The number of piperazine rings is 1. The van der Waals surface area contributed by atoms with Crippen molar-refractivity contribution in [2.45, 2.75) is 32.4 Å². The number of hydrogen-bond donors (Lipinski definition) is 1. The van der Waals surface area contributed by atoms with Crippen molar-refractivity contribution < 1.29 is 9.53 Å². The van der Waals surface area contributed by atoms with E-state index in [0.29, 0.717) is 13.1 Å². The van der Waals surface area contributed by atoms with Gasteiger partial charge in [-0.3, -0.25) is 0 Å². The number of carbonyl (C=O) groups is 1. The van der Waals surface area contributed by atoms with Gasteiger partial charge in [-0.15, -0.1) is 0 Å². The second-order valence-corrected chi connectivity index (χ2v) is 6.36. The van der Waals surface area contributed by atoms with Crippen LogP contribution in [-0.2, 0) is 4.74 Å². The molecule has 4 nitrogen and oxygen atoms in total. The molecule has 2 rings (SSSR count). The topological polar surface area (TPSA) is 41.6 Å². The van der Waals surface area contributed by atoms with E-state index in [-0.39, 0.29) is 12.1 Å². The largest absolute Gasteiger partial charge is 0.444 e. The molecule has 1 atom stereocenters. The van der Waals surface area contributed by atoms with Crippen LogP contribution in [0.4, 0.5) is 4.79 Å². The normalized spacial score (nSPS) is 19.8. The summed E-state index contributed by atoms with van der Waals surface area (Å²) in [5, 5.41) is 4.11. The van der Waals surface area contributed by atoms with Crippen LogP contribution in [0.2, 0.25) is 5.02 Å². The van der Waals surface area contributed by atoms with E-state index in [1.165, 1.54) is 0 Å². The minimum absolute atomic E-state index is 0.0463. The minimum atomic E-state index is -0.470. The summed E-state index contributed by atoms with van der Waals surface area (Å²) >= 11 is 6.22. The van der Waals surface area contributed by atoms with E-state index in [1.54, 1.807) is 4.90 Å². The number of amides is 1. The van der Waals surface area contributed by atoms with Crippen molar-refractivity contribution in [1.29, 1.82) is 0 Å². The summed E-state index contributed by atoms with van der Waals surface area (Å²) in [6.45, 7) is 7.57. The van der Waals surface area contributed by atoms with Gasteiger partial charge in [0.25, 0.3) is 0 Å². The Morgan fingerprint density at radius 3 is 2.75 bits per heavy atom. The fourth-order valence-electron chi connectivity index (χ4n) is 2.21. The summed E-state index contributed by atoms with van der Waals surface area (Å²) in [5.41, 5.74) is 0.546. The molecule has 1 unspecified atom stereocenters. The molecule has 1 aliphatic heterocycles. The Balaban J connectivity index is 2.06. The molecule has 5 heteroatoms. The Labute approximate surface area is 125 Å². The molecule has 1 N–H and O–H groups in total. The molecule has 20 heavy (non-hydrogen) atoms. The first kappa shape index (κ1) is 15.1. The summed E-state index contributed by atoms with van der Waals surface area (Å²) in [6, 6.07) is 7.75. The van der Waals surface area contributed by atoms with Gasteiger partial charge < -0.3 is 15.0 Å². The Bertz CT molecular complexity index is 485. The highest BCUT2D eigenvalue weighted by atomic mass is 35.5.